The Labute approximate surface area is 177 Å². The van der Waals surface area contributed by atoms with E-state index in [1.165, 1.54) is 33.5 Å². The zero-order valence-corrected chi connectivity index (χ0v) is 18.1. The van der Waals surface area contributed by atoms with Gasteiger partial charge in [0.05, 0.1) is 32.9 Å². The van der Waals surface area contributed by atoms with Crippen LogP contribution in [0.5, 0.6) is 17.2 Å². The molecule has 0 aliphatic rings. The summed E-state index contributed by atoms with van der Waals surface area (Å²) >= 11 is 1.08. The van der Waals surface area contributed by atoms with Crippen molar-refractivity contribution < 1.29 is 38.1 Å². The fraction of sp³-hybridized carbons (Fsp3) is 0.350. The molecular weight excluding hydrogens is 414 g/mol. The Hall–Kier alpha value is -3.27. The third kappa shape index (κ3) is 5.41. The van der Waals surface area contributed by atoms with Crippen molar-refractivity contribution in [2.75, 3.05) is 39.9 Å². The van der Waals surface area contributed by atoms with Gasteiger partial charge in [-0.15, -0.1) is 11.3 Å². The van der Waals surface area contributed by atoms with Gasteiger partial charge in [0.2, 0.25) is 0 Å². The molecule has 1 aromatic carbocycles. The number of amides is 1. The summed E-state index contributed by atoms with van der Waals surface area (Å²) in [4.78, 5) is 36.9. The monoisotopic (exact) mass is 437 g/mol. The number of hydrogen-bond acceptors (Lipinski definition) is 9. The maximum Gasteiger partial charge on any atom is 0.348 e. The first kappa shape index (κ1) is 23.0. The van der Waals surface area contributed by atoms with Crippen molar-refractivity contribution >= 4 is 34.2 Å². The third-order valence-corrected chi connectivity index (χ3v) is 5.03. The van der Waals surface area contributed by atoms with Crippen molar-refractivity contribution in [1.29, 1.82) is 0 Å². The molecular formula is C20H23NO8S. The van der Waals surface area contributed by atoms with E-state index < -0.39 is 24.5 Å². The summed E-state index contributed by atoms with van der Waals surface area (Å²) in [6.45, 7) is 3.18. The number of esters is 2. The second kappa shape index (κ2) is 10.5. The van der Waals surface area contributed by atoms with Crippen LogP contribution >= 0.6 is 11.3 Å². The number of anilines is 1. The number of nitrogens with one attached hydrogen (secondary N) is 1. The van der Waals surface area contributed by atoms with Gasteiger partial charge >= 0.3 is 11.9 Å². The third-order valence-electron chi connectivity index (χ3n) is 3.90. The summed E-state index contributed by atoms with van der Waals surface area (Å²) in [5, 5.41) is 3.04. The average molecular weight is 437 g/mol. The number of benzene rings is 1. The first-order valence-corrected chi connectivity index (χ1v) is 9.70. The van der Waals surface area contributed by atoms with Crippen LogP contribution in [0.3, 0.4) is 0 Å². The van der Waals surface area contributed by atoms with Gasteiger partial charge in [0.15, 0.2) is 18.1 Å². The lowest BCUT2D eigenvalue weighted by Crippen LogP contribution is -2.20. The number of thiophene rings is 1. The van der Waals surface area contributed by atoms with E-state index in [-0.39, 0.29) is 17.9 Å². The van der Waals surface area contributed by atoms with E-state index in [0.717, 1.165) is 11.3 Å². The molecule has 1 N–H and O–H groups in total. The molecule has 0 atom stereocenters. The second-order valence-electron chi connectivity index (χ2n) is 5.88. The van der Waals surface area contributed by atoms with Gasteiger partial charge in [0, 0.05) is 12.1 Å². The van der Waals surface area contributed by atoms with E-state index in [0.29, 0.717) is 26.9 Å². The first-order valence-electron chi connectivity index (χ1n) is 8.89. The topological polar surface area (TPSA) is 109 Å². The number of ether oxygens (including phenoxy) is 5. The molecule has 2 aromatic rings. The van der Waals surface area contributed by atoms with Crippen molar-refractivity contribution in [2.45, 2.75) is 13.8 Å². The minimum Gasteiger partial charge on any atom is -0.496 e. The van der Waals surface area contributed by atoms with Crippen molar-refractivity contribution in [2.24, 2.45) is 0 Å². The highest BCUT2D eigenvalue weighted by Crippen LogP contribution is 2.35. The Balaban J connectivity index is 2.04. The highest BCUT2D eigenvalue weighted by atomic mass is 32.1. The molecule has 10 heteroatoms. The molecule has 0 saturated carbocycles. The van der Waals surface area contributed by atoms with Gasteiger partial charge < -0.3 is 29.0 Å². The summed E-state index contributed by atoms with van der Waals surface area (Å²) in [5.41, 5.74) is 0.764. The standard InChI is InChI=1S/C20H23NO8S/c1-6-28-20(24)18-11(2)7-17(30-18)21-16(22)10-29-19(23)12-8-14(26-4)15(27-5)9-13(12)25-3/h7-9H,6,10H2,1-5H3,(H,21,22). The lowest BCUT2D eigenvalue weighted by molar-refractivity contribution is -0.119. The van der Waals surface area contributed by atoms with Gasteiger partial charge in [-0.2, -0.15) is 0 Å². The van der Waals surface area contributed by atoms with Crippen LogP contribution in [0, 0.1) is 6.92 Å². The van der Waals surface area contributed by atoms with Crippen LogP contribution in [-0.2, 0) is 14.3 Å². The maximum absolute atomic E-state index is 12.4. The predicted molar refractivity (Wildman–Crippen MR) is 110 cm³/mol. The van der Waals surface area contributed by atoms with Crippen LogP contribution in [0.1, 0.15) is 32.5 Å². The molecule has 9 nitrogen and oxygen atoms in total. The Morgan fingerprint density at radius 2 is 1.53 bits per heavy atom. The number of aryl methyl sites for hydroxylation is 1. The zero-order chi connectivity index (χ0) is 22.3. The quantitative estimate of drug-likeness (QED) is 0.596. The van der Waals surface area contributed by atoms with Crippen molar-refractivity contribution in [3.63, 3.8) is 0 Å². The van der Waals surface area contributed by atoms with Gasteiger partial charge in [-0.3, -0.25) is 4.79 Å². The number of carbonyl (C=O) groups is 3. The molecule has 0 spiro atoms. The van der Waals surface area contributed by atoms with Gasteiger partial charge in [-0.1, -0.05) is 0 Å². The number of methoxy groups -OCH3 is 3. The van der Waals surface area contributed by atoms with Crippen LogP contribution in [0.15, 0.2) is 18.2 Å². The van der Waals surface area contributed by atoms with Crippen molar-refractivity contribution in [3.05, 3.63) is 34.2 Å². The van der Waals surface area contributed by atoms with Crippen LogP contribution in [0.25, 0.3) is 0 Å². The van der Waals surface area contributed by atoms with E-state index in [1.54, 1.807) is 19.9 Å². The Bertz CT molecular complexity index is 937. The van der Waals surface area contributed by atoms with Gasteiger partial charge in [0.25, 0.3) is 5.91 Å². The van der Waals surface area contributed by atoms with Gasteiger partial charge in [-0.05, 0) is 25.5 Å². The van der Waals surface area contributed by atoms with Crippen LogP contribution in [-0.4, -0.2) is 52.4 Å². The Morgan fingerprint density at radius 3 is 2.13 bits per heavy atom. The minimum atomic E-state index is -0.766. The number of rotatable bonds is 9. The van der Waals surface area contributed by atoms with E-state index in [9.17, 15) is 14.4 Å². The summed E-state index contributed by atoms with van der Waals surface area (Å²) in [7, 11) is 4.28. The summed E-state index contributed by atoms with van der Waals surface area (Å²) in [6, 6.07) is 4.54. The zero-order valence-electron chi connectivity index (χ0n) is 17.3. The van der Waals surface area contributed by atoms with Gasteiger partial charge in [0.1, 0.15) is 16.2 Å². The Morgan fingerprint density at radius 1 is 0.900 bits per heavy atom. The molecule has 1 heterocycles. The molecule has 1 amide bonds. The molecule has 0 aliphatic heterocycles. The fourth-order valence-electron chi connectivity index (χ4n) is 2.51. The highest BCUT2D eigenvalue weighted by molar-refractivity contribution is 7.18. The lowest BCUT2D eigenvalue weighted by Gasteiger charge is -2.13. The molecule has 0 unspecified atom stereocenters. The molecule has 1 aromatic heterocycles. The maximum atomic E-state index is 12.4. The van der Waals surface area contributed by atoms with Crippen LogP contribution in [0.2, 0.25) is 0 Å². The van der Waals surface area contributed by atoms with E-state index in [2.05, 4.69) is 5.32 Å². The lowest BCUT2D eigenvalue weighted by atomic mass is 10.1. The summed E-state index contributed by atoms with van der Waals surface area (Å²) in [6.07, 6.45) is 0. The molecule has 30 heavy (non-hydrogen) atoms. The molecule has 0 bridgehead atoms. The average Bonchev–Trinajstić information content (AvgIpc) is 3.10. The Kier molecular flexibility index (Phi) is 8.05. The largest absolute Gasteiger partial charge is 0.496 e. The van der Waals surface area contributed by atoms with Gasteiger partial charge in [-0.25, -0.2) is 9.59 Å². The predicted octanol–water partition coefficient (Wildman–Crippen LogP) is 3.05. The van der Waals surface area contributed by atoms with E-state index in [1.807, 2.05) is 0 Å². The van der Waals surface area contributed by atoms with E-state index >= 15 is 0 Å². The summed E-state index contributed by atoms with van der Waals surface area (Å²) < 4.78 is 25.6. The molecule has 0 saturated heterocycles. The molecule has 0 radical (unpaired) electrons. The fourth-order valence-corrected chi connectivity index (χ4v) is 3.50. The van der Waals surface area contributed by atoms with Crippen LogP contribution in [0.4, 0.5) is 5.00 Å². The van der Waals surface area contributed by atoms with Crippen molar-refractivity contribution in [3.8, 4) is 17.2 Å². The second-order valence-corrected chi connectivity index (χ2v) is 6.93. The molecule has 0 aliphatic carbocycles. The molecule has 162 valence electrons. The number of carbonyl (C=O) groups excluding carboxylic acids is 3. The highest BCUT2D eigenvalue weighted by Gasteiger charge is 2.21. The number of hydrogen-bond donors (Lipinski definition) is 1. The normalized spacial score (nSPS) is 10.2. The minimum absolute atomic E-state index is 0.0829. The van der Waals surface area contributed by atoms with Crippen LogP contribution < -0.4 is 19.5 Å². The van der Waals surface area contributed by atoms with E-state index in [4.69, 9.17) is 23.7 Å². The molecule has 0 fully saturated rings. The van der Waals surface area contributed by atoms with Crippen molar-refractivity contribution in [1.82, 2.24) is 0 Å². The first-order chi connectivity index (χ1) is 14.3. The SMILES string of the molecule is CCOC(=O)c1sc(NC(=O)COC(=O)c2cc(OC)c(OC)cc2OC)cc1C. The molecule has 2 rings (SSSR count). The smallest absolute Gasteiger partial charge is 0.348 e. The summed E-state index contributed by atoms with van der Waals surface area (Å²) in [5.74, 6) is -0.861.